The highest BCUT2D eigenvalue weighted by atomic mass is 33.1. The van der Waals surface area contributed by atoms with E-state index in [1.54, 1.807) is 0 Å². The van der Waals surface area contributed by atoms with E-state index < -0.39 is 33.2 Å². The molecule has 0 atom stereocenters. The summed E-state index contributed by atoms with van der Waals surface area (Å²) in [4.78, 5) is 42.9. The second-order valence-electron chi connectivity index (χ2n) is 4.72. The lowest BCUT2D eigenvalue weighted by atomic mass is 10.2. The number of nitro groups is 2. The van der Waals surface area contributed by atoms with Crippen LogP contribution in [0.3, 0.4) is 0 Å². The summed E-state index contributed by atoms with van der Waals surface area (Å²) in [6.45, 7) is 0. The molecule has 2 aromatic carbocycles. The number of nitro benzene ring substituents is 2. The van der Waals surface area contributed by atoms with Crippen molar-refractivity contribution in [2.75, 3.05) is 0 Å². The van der Waals surface area contributed by atoms with Gasteiger partial charge in [0.25, 0.3) is 11.4 Å². The second-order valence-corrected chi connectivity index (χ2v) is 7.00. The molecule has 0 amide bonds. The lowest BCUT2D eigenvalue weighted by Gasteiger charge is -2.05. The van der Waals surface area contributed by atoms with Gasteiger partial charge in [0.1, 0.15) is 0 Å². The van der Waals surface area contributed by atoms with E-state index in [0.29, 0.717) is 0 Å². The van der Waals surface area contributed by atoms with Crippen molar-refractivity contribution in [2.24, 2.45) is 0 Å². The standard InChI is InChI=1S/C14H8N2O8S2/c17-13(18)7-1-9(15(21)22)5-11(3-7)25-26-12-4-8(14(19)20)2-10(6-12)16(23)24/h1-6H,(H,17,18)(H,19,20). The molecule has 2 N–H and O–H groups in total. The zero-order valence-corrected chi connectivity index (χ0v) is 14.2. The zero-order chi connectivity index (χ0) is 19.4. The number of nitrogens with zero attached hydrogens (tertiary/aromatic N) is 2. The summed E-state index contributed by atoms with van der Waals surface area (Å²) in [7, 11) is 1.82. The number of aromatic carboxylic acids is 2. The number of carboxylic acid groups (broad SMARTS) is 2. The van der Waals surface area contributed by atoms with Gasteiger partial charge in [-0.25, -0.2) is 9.59 Å². The molecule has 0 fully saturated rings. The molecule has 0 heterocycles. The Morgan fingerprint density at radius 1 is 0.731 bits per heavy atom. The van der Waals surface area contributed by atoms with Crippen LogP contribution in [0.15, 0.2) is 46.2 Å². The van der Waals surface area contributed by atoms with E-state index in [-0.39, 0.29) is 20.9 Å². The van der Waals surface area contributed by atoms with Crippen molar-refractivity contribution in [2.45, 2.75) is 9.79 Å². The van der Waals surface area contributed by atoms with Crippen molar-refractivity contribution >= 4 is 44.9 Å². The van der Waals surface area contributed by atoms with E-state index in [0.717, 1.165) is 45.9 Å². The van der Waals surface area contributed by atoms with Gasteiger partial charge in [0.2, 0.25) is 0 Å². The molecule has 0 saturated heterocycles. The summed E-state index contributed by atoms with van der Waals surface area (Å²) in [6.07, 6.45) is 0. The van der Waals surface area contributed by atoms with E-state index >= 15 is 0 Å². The fraction of sp³-hybridized carbons (Fsp3) is 0. The smallest absolute Gasteiger partial charge is 0.335 e. The summed E-state index contributed by atoms with van der Waals surface area (Å²) < 4.78 is 0. The molecule has 0 bridgehead atoms. The minimum absolute atomic E-state index is 0.227. The Morgan fingerprint density at radius 3 is 1.35 bits per heavy atom. The SMILES string of the molecule is O=C(O)c1cc(SSc2cc(C(=O)O)cc([N+](=O)[O-])c2)cc([N+](=O)[O-])c1. The van der Waals surface area contributed by atoms with Crippen LogP contribution in [0.2, 0.25) is 0 Å². The maximum Gasteiger partial charge on any atom is 0.335 e. The molecule has 26 heavy (non-hydrogen) atoms. The Kier molecular flexibility index (Phi) is 5.79. The minimum Gasteiger partial charge on any atom is -0.478 e. The van der Waals surface area contributed by atoms with Gasteiger partial charge < -0.3 is 10.2 Å². The topological polar surface area (TPSA) is 161 Å². The fourth-order valence-electron chi connectivity index (χ4n) is 1.82. The molecule has 0 aromatic heterocycles. The summed E-state index contributed by atoms with van der Waals surface area (Å²) >= 11 is 0. The predicted molar refractivity (Wildman–Crippen MR) is 91.8 cm³/mol. The first kappa shape index (κ1) is 19.2. The fourth-order valence-corrected chi connectivity index (χ4v) is 3.85. The van der Waals surface area contributed by atoms with Crippen molar-refractivity contribution in [3.8, 4) is 0 Å². The van der Waals surface area contributed by atoms with Gasteiger partial charge in [-0.15, -0.1) is 0 Å². The van der Waals surface area contributed by atoms with Gasteiger partial charge >= 0.3 is 11.9 Å². The third-order valence-electron chi connectivity index (χ3n) is 2.93. The average molecular weight is 396 g/mol. The number of benzene rings is 2. The Balaban J connectivity index is 2.33. The summed E-state index contributed by atoms with van der Waals surface area (Å²) in [5, 5.41) is 39.8. The van der Waals surface area contributed by atoms with Crippen molar-refractivity contribution in [3.63, 3.8) is 0 Å². The van der Waals surface area contributed by atoms with Crippen LogP contribution < -0.4 is 0 Å². The summed E-state index contributed by atoms with van der Waals surface area (Å²) in [6, 6.07) is 6.55. The van der Waals surface area contributed by atoms with E-state index in [9.17, 15) is 29.8 Å². The molecule has 2 aromatic rings. The Hall–Kier alpha value is -3.12. The molecule has 12 heteroatoms. The quantitative estimate of drug-likeness (QED) is 0.401. The first-order valence-corrected chi connectivity index (χ1v) is 8.72. The predicted octanol–water partition coefficient (Wildman–Crippen LogP) is 3.70. The average Bonchev–Trinajstić information content (AvgIpc) is 2.59. The molecule has 2 rings (SSSR count). The van der Waals surface area contributed by atoms with Gasteiger partial charge in [-0.05, 0) is 12.1 Å². The van der Waals surface area contributed by atoms with E-state index in [2.05, 4.69) is 0 Å². The van der Waals surface area contributed by atoms with Crippen molar-refractivity contribution < 1.29 is 29.6 Å². The van der Waals surface area contributed by atoms with Crippen molar-refractivity contribution in [3.05, 3.63) is 67.8 Å². The molecule has 0 unspecified atom stereocenters. The first-order chi connectivity index (χ1) is 12.2. The zero-order valence-electron chi connectivity index (χ0n) is 12.5. The number of hydrogen-bond acceptors (Lipinski definition) is 8. The van der Waals surface area contributed by atoms with Crippen LogP contribution in [0.1, 0.15) is 20.7 Å². The van der Waals surface area contributed by atoms with E-state index in [4.69, 9.17) is 10.2 Å². The maximum atomic E-state index is 11.1. The van der Waals surface area contributed by atoms with Crippen molar-refractivity contribution in [1.82, 2.24) is 0 Å². The number of carboxylic acids is 2. The van der Waals surface area contributed by atoms with Crippen LogP contribution in [0, 0.1) is 20.2 Å². The molecular weight excluding hydrogens is 388 g/mol. The molecule has 0 saturated carbocycles. The lowest BCUT2D eigenvalue weighted by molar-refractivity contribution is -0.385. The molecule has 0 radical (unpaired) electrons. The normalized spacial score (nSPS) is 10.3. The van der Waals surface area contributed by atoms with Gasteiger partial charge in [0.05, 0.1) is 21.0 Å². The third kappa shape index (κ3) is 4.70. The Bertz CT molecular complexity index is 791. The molecular formula is C14H8N2O8S2. The second kappa shape index (κ2) is 7.84. The molecule has 0 aliphatic rings. The van der Waals surface area contributed by atoms with E-state index in [1.807, 2.05) is 0 Å². The van der Waals surface area contributed by atoms with Crippen LogP contribution in [0.4, 0.5) is 11.4 Å². The maximum absolute atomic E-state index is 11.1. The number of hydrogen-bond donors (Lipinski definition) is 2. The largest absolute Gasteiger partial charge is 0.478 e. The van der Waals surface area contributed by atoms with Crippen LogP contribution in [0.25, 0.3) is 0 Å². The summed E-state index contributed by atoms with van der Waals surface area (Å²) in [5.74, 6) is -2.69. The summed E-state index contributed by atoms with van der Waals surface area (Å²) in [5.41, 5.74) is -1.41. The van der Waals surface area contributed by atoms with Gasteiger partial charge in [0, 0.05) is 34.1 Å². The van der Waals surface area contributed by atoms with Crippen LogP contribution in [0.5, 0.6) is 0 Å². The van der Waals surface area contributed by atoms with Gasteiger partial charge in [-0.2, -0.15) is 0 Å². The highest BCUT2D eigenvalue weighted by Gasteiger charge is 2.17. The van der Waals surface area contributed by atoms with Crippen LogP contribution >= 0.6 is 21.6 Å². The van der Waals surface area contributed by atoms with E-state index in [1.165, 1.54) is 12.1 Å². The number of carbonyl (C=O) groups is 2. The molecule has 0 aliphatic carbocycles. The molecule has 0 spiro atoms. The number of rotatable bonds is 7. The van der Waals surface area contributed by atoms with Crippen LogP contribution in [-0.4, -0.2) is 32.0 Å². The molecule has 10 nitrogen and oxygen atoms in total. The Labute approximate surface area is 152 Å². The lowest BCUT2D eigenvalue weighted by Crippen LogP contribution is -1.99. The van der Waals surface area contributed by atoms with Gasteiger partial charge in [-0.1, -0.05) is 21.6 Å². The minimum atomic E-state index is -1.34. The number of non-ortho nitro benzene ring substituents is 2. The highest BCUT2D eigenvalue weighted by Crippen LogP contribution is 2.40. The highest BCUT2D eigenvalue weighted by molar-refractivity contribution is 8.76. The van der Waals surface area contributed by atoms with Gasteiger partial charge in [0.15, 0.2) is 0 Å². The first-order valence-electron chi connectivity index (χ1n) is 6.57. The van der Waals surface area contributed by atoms with Gasteiger partial charge in [-0.3, -0.25) is 20.2 Å². The Morgan fingerprint density at radius 2 is 1.08 bits per heavy atom. The third-order valence-corrected chi connectivity index (χ3v) is 5.28. The van der Waals surface area contributed by atoms with Crippen LogP contribution in [-0.2, 0) is 0 Å². The monoisotopic (exact) mass is 396 g/mol. The molecule has 134 valence electrons. The van der Waals surface area contributed by atoms with Crippen molar-refractivity contribution in [1.29, 1.82) is 0 Å². The molecule has 0 aliphatic heterocycles.